The summed E-state index contributed by atoms with van der Waals surface area (Å²) in [5.41, 5.74) is 2.01. The molecule has 1 atom stereocenters. The second kappa shape index (κ2) is 5.35. The second-order valence-electron chi connectivity index (χ2n) is 5.44. The molecule has 0 spiro atoms. The van der Waals surface area contributed by atoms with Gasteiger partial charge >= 0.3 is 0 Å². The summed E-state index contributed by atoms with van der Waals surface area (Å²) in [5.74, 6) is -2.18. The molecule has 1 unspecified atom stereocenters. The van der Waals surface area contributed by atoms with Gasteiger partial charge in [-0.3, -0.25) is 9.78 Å². The number of nitrogens with zero attached hydrogens (tertiary/aromatic N) is 1. The Balaban J connectivity index is 2.03. The molecule has 4 heteroatoms. The largest absolute Gasteiger partial charge is 0.293 e. The maximum absolute atomic E-state index is 13.9. The number of halogens is 2. The first-order chi connectivity index (χ1) is 10.1. The fourth-order valence-corrected chi connectivity index (χ4v) is 2.90. The standard InChI is InChI=1S/C17H15F2NO/c1-10-8-13(15(19)9-14(10)18)17(21)12-6-2-4-11-5-3-7-20-16(11)12/h3,5,7-9,12H,2,4,6H2,1H3. The van der Waals surface area contributed by atoms with Crippen LogP contribution < -0.4 is 0 Å². The Labute approximate surface area is 121 Å². The lowest BCUT2D eigenvalue weighted by Crippen LogP contribution is -2.21. The average Bonchev–Trinajstić information content (AvgIpc) is 2.49. The number of ketones is 1. The normalized spacial score (nSPS) is 17.4. The summed E-state index contributed by atoms with van der Waals surface area (Å²) in [7, 11) is 0. The molecular formula is C17H15F2NO. The van der Waals surface area contributed by atoms with E-state index in [9.17, 15) is 13.6 Å². The van der Waals surface area contributed by atoms with Crippen molar-refractivity contribution in [2.45, 2.75) is 32.1 Å². The summed E-state index contributed by atoms with van der Waals surface area (Å²) in [6.45, 7) is 1.53. The number of carbonyl (C=O) groups is 1. The first-order valence-corrected chi connectivity index (χ1v) is 7.01. The molecule has 2 nitrogen and oxygen atoms in total. The van der Waals surface area contributed by atoms with E-state index in [1.807, 2.05) is 12.1 Å². The first kappa shape index (κ1) is 13.9. The molecule has 0 aliphatic heterocycles. The summed E-state index contributed by atoms with van der Waals surface area (Å²) in [5, 5.41) is 0. The number of pyridine rings is 1. The fraction of sp³-hybridized carbons (Fsp3) is 0.294. The third kappa shape index (κ3) is 2.46. The molecule has 0 bridgehead atoms. The zero-order valence-electron chi connectivity index (χ0n) is 11.7. The van der Waals surface area contributed by atoms with Crippen molar-refractivity contribution in [3.05, 3.63) is 64.5 Å². The monoisotopic (exact) mass is 287 g/mol. The Bertz CT molecular complexity index is 712. The van der Waals surface area contributed by atoms with Crippen molar-refractivity contribution in [1.29, 1.82) is 0 Å². The second-order valence-corrected chi connectivity index (χ2v) is 5.44. The highest BCUT2D eigenvalue weighted by molar-refractivity contribution is 6.01. The number of rotatable bonds is 2. The molecule has 3 rings (SSSR count). The van der Waals surface area contributed by atoms with Crippen molar-refractivity contribution in [3.63, 3.8) is 0 Å². The molecule has 0 N–H and O–H groups in total. The van der Waals surface area contributed by atoms with Gasteiger partial charge in [-0.15, -0.1) is 0 Å². The van der Waals surface area contributed by atoms with Gasteiger partial charge in [0.2, 0.25) is 0 Å². The lowest BCUT2D eigenvalue weighted by molar-refractivity contribution is 0.0944. The number of fused-ring (bicyclic) bond motifs is 1. The minimum absolute atomic E-state index is 0.0441. The third-order valence-electron chi connectivity index (χ3n) is 4.03. The molecule has 108 valence electrons. The smallest absolute Gasteiger partial charge is 0.174 e. The number of aryl methyl sites for hydroxylation is 2. The van der Waals surface area contributed by atoms with Crippen LogP contribution in [0, 0.1) is 18.6 Å². The van der Waals surface area contributed by atoms with Crippen LogP contribution in [0.1, 0.15) is 45.9 Å². The van der Waals surface area contributed by atoms with Crippen LogP contribution in [0.25, 0.3) is 0 Å². The highest BCUT2D eigenvalue weighted by atomic mass is 19.1. The maximum Gasteiger partial charge on any atom is 0.174 e. The molecule has 1 heterocycles. The fourth-order valence-electron chi connectivity index (χ4n) is 2.90. The van der Waals surface area contributed by atoms with Crippen molar-refractivity contribution in [2.24, 2.45) is 0 Å². The van der Waals surface area contributed by atoms with Gasteiger partial charge in [0.1, 0.15) is 11.6 Å². The van der Waals surface area contributed by atoms with Crippen LogP contribution in [-0.2, 0) is 6.42 Å². The summed E-state index contributed by atoms with van der Waals surface area (Å²) >= 11 is 0. The Morgan fingerprint density at radius 1 is 1.29 bits per heavy atom. The number of hydrogen-bond donors (Lipinski definition) is 0. The predicted molar refractivity (Wildman–Crippen MR) is 75.3 cm³/mol. The van der Waals surface area contributed by atoms with Crippen molar-refractivity contribution in [3.8, 4) is 0 Å². The molecule has 2 aromatic rings. The van der Waals surface area contributed by atoms with Crippen LogP contribution in [-0.4, -0.2) is 10.8 Å². The van der Waals surface area contributed by atoms with Gasteiger partial charge in [0.25, 0.3) is 0 Å². The van der Waals surface area contributed by atoms with Crippen LogP contribution >= 0.6 is 0 Å². The lowest BCUT2D eigenvalue weighted by atomic mass is 9.81. The molecular weight excluding hydrogens is 272 g/mol. The van der Waals surface area contributed by atoms with Crippen molar-refractivity contribution in [1.82, 2.24) is 4.98 Å². The summed E-state index contributed by atoms with van der Waals surface area (Å²) in [6.07, 6.45) is 4.06. The zero-order valence-corrected chi connectivity index (χ0v) is 11.7. The van der Waals surface area contributed by atoms with Crippen LogP contribution in [0.15, 0.2) is 30.5 Å². The molecule has 0 saturated heterocycles. The minimum Gasteiger partial charge on any atom is -0.293 e. The van der Waals surface area contributed by atoms with Crippen LogP contribution in [0.2, 0.25) is 0 Å². The number of Topliss-reactive ketones (excluding diaryl/α,β-unsaturated/α-hetero) is 1. The molecule has 21 heavy (non-hydrogen) atoms. The summed E-state index contributed by atoms with van der Waals surface area (Å²) in [4.78, 5) is 16.9. The summed E-state index contributed by atoms with van der Waals surface area (Å²) < 4.78 is 27.3. The van der Waals surface area contributed by atoms with Gasteiger partial charge in [-0.25, -0.2) is 8.78 Å². The molecule has 0 saturated carbocycles. The van der Waals surface area contributed by atoms with E-state index in [-0.39, 0.29) is 16.9 Å². The lowest BCUT2D eigenvalue weighted by Gasteiger charge is -2.23. The highest BCUT2D eigenvalue weighted by Gasteiger charge is 2.30. The van der Waals surface area contributed by atoms with Gasteiger partial charge in [0.15, 0.2) is 5.78 Å². The van der Waals surface area contributed by atoms with Crippen molar-refractivity contribution < 1.29 is 13.6 Å². The van der Waals surface area contributed by atoms with E-state index in [0.29, 0.717) is 6.42 Å². The Hall–Kier alpha value is -2.10. The molecule has 1 aliphatic carbocycles. The van der Waals surface area contributed by atoms with Gasteiger partial charge in [-0.05, 0) is 49.4 Å². The molecule has 1 aromatic carbocycles. The number of hydrogen-bond acceptors (Lipinski definition) is 2. The molecule has 1 aliphatic rings. The van der Waals surface area contributed by atoms with E-state index in [1.165, 1.54) is 13.0 Å². The quantitative estimate of drug-likeness (QED) is 0.782. The van der Waals surface area contributed by atoms with E-state index in [4.69, 9.17) is 0 Å². The van der Waals surface area contributed by atoms with E-state index >= 15 is 0 Å². The minimum atomic E-state index is -0.800. The Kier molecular flexibility index (Phi) is 3.53. The van der Waals surface area contributed by atoms with Crippen molar-refractivity contribution in [2.75, 3.05) is 0 Å². The average molecular weight is 287 g/mol. The van der Waals surface area contributed by atoms with Gasteiger partial charge < -0.3 is 0 Å². The van der Waals surface area contributed by atoms with Crippen LogP contribution in [0.4, 0.5) is 8.78 Å². The zero-order chi connectivity index (χ0) is 15.0. The van der Waals surface area contributed by atoms with Crippen LogP contribution in [0.3, 0.4) is 0 Å². The van der Waals surface area contributed by atoms with Gasteiger partial charge in [-0.2, -0.15) is 0 Å². The van der Waals surface area contributed by atoms with Crippen molar-refractivity contribution >= 4 is 5.78 Å². The van der Waals surface area contributed by atoms with E-state index in [1.54, 1.807) is 6.20 Å². The number of aromatic nitrogens is 1. The summed E-state index contributed by atoms with van der Waals surface area (Å²) in [6, 6.07) is 5.87. The Morgan fingerprint density at radius 3 is 2.90 bits per heavy atom. The third-order valence-corrected chi connectivity index (χ3v) is 4.03. The van der Waals surface area contributed by atoms with Gasteiger partial charge in [0, 0.05) is 12.3 Å². The molecule has 0 fully saturated rings. The first-order valence-electron chi connectivity index (χ1n) is 7.01. The molecule has 1 aromatic heterocycles. The SMILES string of the molecule is Cc1cc(C(=O)C2CCCc3cccnc32)c(F)cc1F. The Morgan fingerprint density at radius 2 is 2.10 bits per heavy atom. The molecule has 0 radical (unpaired) electrons. The molecule has 0 amide bonds. The van der Waals surface area contributed by atoms with E-state index in [0.717, 1.165) is 30.2 Å². The highest BCUT2D eigenvalue weighted by Crippen LogP contribution is 2.33. The van der Waals surface area contributed by atoms with Gasteiger partial charge in [0.05, 0.1) is 17.2 Å². The number of carbonyl (C=O) groups excluding carboxylic acids is 1. The predicted octanol–water partition coefficient (Wildman–Crippen LogP) is 3.97. The van der Waals surface area contributed by atoms with E-state index < -0.39 is 17.6 Å². The topological polar surface area (TPSA) is 30.0 Å². The number of benzene rings is 1. The maximum atomic E-state index is 13.9. The van der Waals surface area contributed by atoms with Crippen LogP contribution in [0.5, 0.6) is 0 Å². The van der Waals surface area contributed by atoms with Gasteiger partial charge in [-0.1, -0.05) is 6.07 Å². The van der Waals surface area contributed by atoms with E-state index in [2.05, 4.69) is 4.98 Å².